The number of piperazine rings is 1. The van der Waals surface area contributed by atoms with Gasteiger partial charge in [0.05, 0.1) is 0 Å². The summed E-state index contributed by atoms with van der Waals surface area (Å²) in [6, 6.07) is 6.25. The van der Waals surface area contributed by atoms with Gasteiger partial charge in [0.2, 0.25) is 5.91 Å². The number of hydrogen-bond acceptors (Lipinski definition) is 3. The molecule has 0 atom stereocenters. The van der Waals surface area contributed by atoms with Crippen LogP contribution in [0, 0.1) is 6.92 Å². The Hall–Kier alpha value is -1.81. The highest BCUT2D eigenvalue weighted by Crippen LogP contribution is 2.23. The summed E-state index contributed by atoms with van der Waals surface area (Å²) in [5.74, 6) is -0.0788. The van der Waals surface area contributed by atoms with E-state index in [9.17, 15) is 4.79 Å². The molecule has 0 spiro atoms. The number of anilines is 2. The van der Waals surface area contributed by atoms with E-state index in [4.69, 9.17) is 0 Å². The Morgan fingerprint density at radius 2 is 2.00 bits per heavy atom. The van der Waals surface area contributed by atoms with Gasteiger partial charge in [-0.1, -0.05) is 13.0 Å². The summed E-state index contributed by atoms with van der Waals surface area (Å²) < 4.78 is 0. The minimum Gasteiger partial charge on any atom is -0.369 e. The molecular weight excluding hydrogens is 262 g/mol. The molecular formula is C17H25N3O. The molecule has 2 rings (SSSR count). The van der Waals surface area contributed by atoms with Gasteiger partial charge in [-0.3, -0.25) is 4.79 Å². The topological polar surface area (TPSA) is 35.6 Å². The maximum absolute atomic E-state index is 11.6. The van der Waals surface area contributed by atoms with E-state index in [1.54, 1.807) is 6.08 Å². The van der Waals surface area contributed by atoms with Gasteiger partial charge in [-0.05, 0) is 50.2 Å². The molecule has 4 nitrogen and oxygen atoms in total. The second-order valence-corrected chi connectivity index (χ2v) is 5.41. The van der Waals surface area contributed by atoms with Gasteiger partial charge in [0.1, 0.15) is 0 Å². The molecule has 0 aromatic heterocycles. The smallest absolute Gasteiger partial charge is 0.248 e. The molecule has 0 aliphatic carbocycles. The molecule has 0 radical (unpaired) electrons. The van der Waals surface area contributed by atoms with Crippen molar-refractivity contribution in [2.45, 2.75) is 20.8 Å². The molecule has 1 aromatic carbocycles. The monoisotopic (exact) mass is 287 g/mol. The van der Waals surface area contributed by atoms with Gasteiger partial charge in [0.25, 0.3) is 0 Å². The Bertz CT molecular complexity index is 517. The van der Waals surface area contributed by atoms with Crippen LogP contribution in [-0.2, 0) is 4.79 Å². The number of carbonyl (C=O) groups excluding carboxylic acids is 1. The number of likely N-dealkylation sites (N-methyl/N-ethyl adjacent to an activating group) is 1. The van der Waals surface area contributed by atoms with Crippen molar-refractivity contribution in [1.29, 1.82) is 0 Å². The van der Waals surface area contributed by atoms with Gasteiger partial charge in [-0.15, -0.1) is 0 Å². The fourth-order valence-electron chi connectivity index (χ4n) is 2.63. The highest BCUT2D eigenvalue weighted by Gasteiger charge is 2.16. The van der Waals surface area contributed by atoms with Crippen molar-refractivity contribution in [2.24, 2.45) is 0 Å². The first-order valence-electron chi connectivity index (χ1n) is 7.65. The van der Waals surface area contributed by atoms with Crippen molar-refractivity contribution < 1.29 is 4.79 Å². The molecule has 1 amide bonds. The third-order valence-corrected chi connectivity index (χ3v) is 3.97. The third-order valence-electron chi connectivity index (χ3n) is 3.97. The third kappa shape index (κ3) is 4.08. The number of hydrogen-bond donors (Lipinski definition) is 1. The Morgan fingerprint density at radius 1 is 1.29 bits per heavy atom. The first-order chi connectivity index (χ1) is 10.1. The van der Waals surface area contributed by atoms with E-state index in [-0.39, 0.29) is 5.91 Å². The minimum absolute atomic E-state index is 0.0788. The summed E-state index contributed by atoms with van der Waals surface area (Å²) >= 11 is 0. The molecule has 0 bridgehead atoms. The number of carbonyl (C=O) groups is 1. The Morgan fingerprint density at radius 3 is 2.57 bits per heavy atom. The van der Waals surface area contributed by atoms with Gasteiger partial charge in [-0.25, -0.2) is 0 Å². The van der Waals surface area contributed by atoms with E-state index >= 15 is 0 Å². The maximum Gasteiger partial charge on any atom is 0.248 e. The quantitative estimate of drug-likeness (QED) is 0.865. The number of allylic oxidation sites excluding steroid dienone is 1. The van der Waals surface area contributed by atoms with Gasteiger partial charge in [0, 0.05) is 37.6 Å². The lowest BCUT2D eigenvalue weighted by molar-refractivity contribution is -0.111. The molecule has 0 saturated carbocycles. The number of amides is 1. The summed E-state index contributed by atoms with van der Waals surface area (Å²) in [5, 5.41) is 2.90. The molecule has 114 valence electrons. The lowest BCUT2D eigenvalue weighted by Gasteiger charge is -2.35. The highest BCUT2D eigenvalue weighted by molar-refractivity contribution is 5.99. The van der Waals surface area contributed by atoms with Crippen LogP contribution in [0.2, 0.25) is 0 Å². The first-order valence-corrected chi connectivity index (χ1v) is 7.65. The molecule has 0 unspecified atom stereocenters. The first kappa shape index (κ1) is 15.6. The molecule has 4 heteroatoms. The number of aryl methyl sites for hydroxylation is 1. The Labute approximate surface area is 127 Å². The molecule has 21 heavy (non-hydrogen) atoms. The standard InChI is InChI=1S/C17H25N3O/c1-4-6-17(21)18-16-8-7-15(13-14(16)3)20-11-9-19(5-2)10-12-20/h4,6-8,13H,5,9-12H2,1-3H3,(H,18,21)/b6-4+. The zero-order chi connectivity index (χ0) is 15.2. The summed E-state index contributed by atoms with van der Waals surface area (Å²) in [7, 11) is 0. The van der Waals surface area contributed by atoms with Gasteiger partial charge in [-0.2, -0.15) is 0 Å². The highest BCUT2D eigenvalue weighted by atomic mass is 16.1. The van der Waals surface area contributed by atoms with Crippen LogP contribution in [0.1, 0.15) is 19.4 Å². The van der Waals surface area contributed by atoms with Crippen LogP contribution in [0.15, 0.2) is 30.4 Å². The zero-order valence-corrected chi connectivity index (χ0v) is 13.2. The van der Waals surface area contributed by atoms with E-state index < -0.39 is 0 Å². The van der Waals surface area contributed by atoms with Crippen molar-refractivity contribution in [1.82, 2.24) is 4.90 Å². The summed E-state index contributed by atoms with van der Waals surface area (Å²) in [6.07, 6.45) is 3.28. The molecule has 1 N–H and O–H groups in total. The largest absolute Gasteiger partial charge is 0.369 e. The molecule has 1 saturated heterocycles. The number of nitrogens with zero attached hydrogens (tertiary/aromatic N) is 2. The van der Waals surface area contributed by atoms with E-state index in [0.29, 0.717) is 0 Å². The number of rotatable bonds is 4. The average molecular weight is 287 g/mol. The normalized spacial score (nSPS) is 16.4. The van der Waals surface area contributed by atoms with Crippen molar-refractivity contribution in [2.75, 3.05) is 42.9 Å². The Balaban J connectivity index is 2.03. The molecule has 1 heterocycles. The predicted molar refractivity (Wildman–Crippen MR) is 88.9 cm³/mol. The molecule has 1 aliphatic rings. The molecule has 1 aromatic rings. The van der Waals surface area contributed by atoms with Crippen LogP contribution in [0.25, 0.3) is 0 Å². The van der Waals surface area contributed by atoms with Crippen LogP contribution >= 0.6 is 0 Å². The number of nitrogens with one attached hydrogen (secondary N) is 1. The Kier molecular flexibility index (Phi) is 5.39. The van der Waals surface area contributed by atoms with Crippen LogP contribution in [0.4, 0.5) is 11.4 Å². The van der Waals surface area contributed by atoms with Crippen LogP contribution in [-0.4, -0.2) is 43.5 Å². The second kappa shape index (κ2) is 7.27. The SMILES string of the molecule is C/C=C/C(=O)Nc1ccc(N2CCN(CC)CC2)cc1C. The lowest BCUT2D eigenvalue weighted by atomic mass is 10.1. The lowest BCUT2D eigenvalue weighted by Crippen LogP contribution is -2.46. The summed E-state index contributed by atoms with van der Waals surface area (Å²) in [6.45, 7) is 11.6. The van der Waals surface area contributed by atoms with Crippen molar-refractivity contribution in [3.63, 3.8) is 0 Å². The second-order valence-electron chi connectivity index (χ2n) is 5.41. The fourth-order valence-corrected chi connectivity index (χ4v) is 2.63. The van der Waals surface area contributed by atoms with E-state index in [1.807, 2.05) is 19.9 Å². The van der Waals surface area contributed by atoms with Crippen molar-refractivity contribution in [3.8, 4) is 0 Å². The maximum atomic E-state index is 11.6. The predicted octanol–water partition coefficient (Wildman–Crippen LogP) is 2.65. The van der Waals surface area contributed by atoms with Gasteiger partial charge in [0.15, 0.2) is 0 Å². The average Bonchev–Trinajstić information content (AvgIpc) is 2.50. The van der Waals surface area contributed by atoms with Crippen molar-refractivity contribution >= 4 is 17.3 Å². The minimum atomic E-state index is -0.0788. The summed E-state index contributed by atoms with van der Waals surface area (Å²) in [5.41, 5.74) is 3.23. The van der Waals surface area contributed by atoms with E-state index in [1.165, 1.54) is 11.8 Å². The zero-order valence-electron chi connectivity index (χ0n) is 13.2. The van der Waals surface area contributed by atoms with Crippen LogP contribution < -0.4 is 10.2 Å². The van der Waals surface area contributed by atoms with Crippen LogP contribution in [0.3, 0.4) is 0 Å². The van der Waals surface area contributed by atoms with Gasteiger partial charge >= 0.3 is 0 Å². The fraction of sp³-hybridized carbons (Fsp3) is 0.471. The van der Waals surface area contributed by atoms with E-state index in [0.717, 1.165) is 44.0 Å². The molecule has 1 aliphatic heterocycles. The summed E-state index contributed by atoms with van der Waals surface area (Å²) in [4.78, 5) is 16.5. The number of benzene rings is 1. The van der Waals surface area contributed by atoms with Crippen molar-refractivity contribution in [3.05, 3.63) is 35.9 Å². The van der Waals surface area contributed by atoms with Gasteiger partial charge < -0.3 is 15.1 Å². The molecule has 1 fully saturated rings. The van der Waals surface area contributed by atoms with E-state index in [2.05, 4.69) is 34.2 Å². The van der Waals surface area contributed by atoms with Crippen LogP contribution in [0.5, 0.6) is 0 Å².